The fourth-order valence-corrected chi connectivity index (χ4v) is 15.0. The molecule has 63 heavy (non-hydrogen) atoms. The topological polar surface area (TPSA) is 0 Å². The summed E-state index contributed by atoms with van der Waals surface area (Å²) in [6.07, 6.45) is 16.0. The van der Waals surface area contributed by atoms with Gasteiger partial charge in [0.1, 0.15) is 0 Å². The Hall–Kier alpha value is -4.15. The first kappa shape index (κ1) is 42.8. The van der Waals surface area contributed by atoms with E-state index >= 15 is 0 Å². The zero-order chi connectivity index (χ0) is 42.5. The number of hydrogen-bond donors (Lipinski definition) is 0. The van der Waals surface area contributed by atoms with Gasteiger partial charge >= 0.3 is 0 Å². The van der Waals surface area contributed by atoms with Gasteiger partial charge in [-0.25, -0.2) is 0 Å². The maximum atomic E-state index is 2.59. The van der Waals surface area contributed by atoms with Crippen LogP contribution >= 0.6 is 35.3 Å². The second-order valence-electron chi connectivity index (χ2n) is 18.2. The number of fused-ring (bicyclic) bond motifs is 8. The molecule has 3 heteroatoms. The number of hydrogen-bond acceptors (Lipinski definition) is 3. The van der Waals surface area contributed by atoms with Crippen LogP contribution in [-0.2, 0) is 0 Å². The van der Waals surface area contributed by atoms with Crippen molar-refractivity contribution in [3.8, 4) is 0 Å². The minimum atomic E-state index is 0.172. The summed E-state index contributed by atoms with van der Waals surface area (Å²) in [5.74, 6) is 2.38. The van der Waals surface area contributed by atoms with E-state index < -0.39 is 0 Å². The van der Waals surface area contributed by atoms with Crippen LogP contribution in [0.3, 0.4) is 0 Å². The Labute approximate surface area is 389 Å². The smallest absolute Gasteiger partial charge is 0.0563 e. The fourth-order valence-electron chi connectivity index (χ4n) is 10.5. The minimum absolute atomic E-state index is 0.172. The molecule has 0 unspecified atom stereocenters. The summed E-state index contributed by atoms with van der Waals surface area (Å²) in [5, 5.41) is 11.7. The first-order chi connectivity index (χ1) is 31.2. The molecular weight excluding hydrogens is 817 g/mol. The second kappa shape index (κ2) is 19.9. The average Bonchev–Trinajstić information content (AvgIpc) is 3.32. The Morgan fingerprint density at radius 2 is 0.508 bits per heavy atom. The second-order valence-corrected chi connectivity index (χ2v) is 21.9. The lowest BCUT2D eigenvalue weighted by Gasteiger charge is -2.39. The van der Waals surface area contributed by atoms with Crippen LogP contribution in [0.2, 0.25) is 0 Å². The quantitative estimate of drug-likeness (QED) is 0.0788. The van der Waals surface area contributed by atoms with Crippen molar-refractivity contribution in [2.24, 2.45) is 0 Å². The summed E-state index contributed by atoms with van der Waals surface area (Å²) in [7, 11) is 0. The highest BCUT2D eigenvalue weighted by molar-refractivity contribution is 8.00. The first-order valence-electron chi connectivity index (χ1n) is 24.2. The van der Waals surface area contributed by atoms with Crippen LogP contribution in [0.15, 0.2) is 146 Å². The van der Waals surface area contributed by atoms with Gasteiger partial charge in [-0.05, 0) is 160 Å². The highest BCUT2D eigenvalue weighted by atomic mass is 32.2. The summed E-state index contributed by atoms with van der Waals surface area (Å²) in [5.41, 5.74) is 12.1. The number of thioether (sulfide) groups is 3. The fraction of sp³-hybridized carbons (Fsp3) is 0.333. The molecule has 0 N–H and O–H groups in total. The molecule has 0 saturated heterocycles. The minimum Gasteiger partial charge on any atom is -0.149 e. The Kier molecular flexibility index (Phi) is 13.5. The molecule has 2 aliphatic carbocycles. The van der Waals surface area contributed by atoms with E-state index in [0.29, 0.717) is 10.5 Å². The third-order valence-corrected chi connectivity index (χ3v) is 18.2. The normalized spacial score (nSPS) is 17.8. The Morgan fingerprint density at radius 3 is 0.762 bits per heavy atom. The standard InChI is InChI=1S/C60H62S3/c1-3-5-7-9-11-21-31-61-57-49-33-41-23-13-17-27-45(41)37-53(49)59(54-38-46-28-18-14-24-42(46)34-50(54)57)63-60-55-39-47-29-19-15-25-43(47)35-51(55)58(62-32-22-12-10-8-6-4-2)52-36-44-26-16-20-30-48(44)40-56(52)60/h13-20,23-30,33-40,57-60H,3-12,21-22,31-32H2,1-2H3. The lowest BCUT2D eigenvalue weighted by Crippen LogP contribution is -2.20. The monoisotopic (exact) mass is 878 g/mol. The van der Waals surface area contributed by atoms with Gasteiger partial charge in [0.25, 0.3) is 0 Å². The first-order valence-corrected chi connectivity index (χ1v) is 27.2. The average molecular weight is 879 g/mol. The molecule has 0 fully saturated rings. The lowest BCUT2D eigenvalue weighted by molar-refractivity contribution is 0.627. The van der Waals surface area contributed by atoms with E-state index in [4.69, 9.17) is 0 Å². The van der Waals surface area contributed by atoms with Crippen molar-refractivity contribution in [3.63, 3.8) is 0 Å². The molecule has 320 valence electrons. The molecule has 2 aliphatic rings. The van der Waals surface area contributed by atoms with Gasteiger partial charge in [-0.3, -0.25) is 0 Å². The predicted molar refractivity (Wildman–Crippen MR) is 282 cm³/mol. The van der Waals surface area contributed by atoms with E-state index in [0.717, 1.165) is 0 Å². The lowest BCUT2D eigenvalue weighted by atomic mass is 9.82. The van der Waals surface area contributed by atoms with E-state index in [1.165, 1.54) is 176 Å². The van der Waals surface area contributed by atoms with Gasteiger partial charge in [-0.15, -0.1) is 35.3 Å². The maximum Gasteiger partial charge on any atom is 0.0563 e. The Bertz CT molecular complexity index is 2490. The summed E-state index contributed by atoms with van der Waals surface area (Å²) < 4.78 is 0. The molecule has 0 heterocycles. The van der Waals surface area contributed by atoms with Gasteiger partial charge in [-0.2, -0.15) is 0 Å². The molecule has 0 saturated carbocycles. The van der Waals surface area contributed by atoms with E-state index in [2.05, 4.69) is 195 Å². The maximum absolute atomic E-state index is 2.59. The van der Waals surface area contributed by atoms with Crippen LogP contribution < -0.4 is 0 Å². The highest BCUT2D eigenvalue weighted by Crippen LogP contribution is 2.61. The summed E-state index contributed by atoms with van der Waals surface area (Å²) in [4.78, 5) is 0. The summed E-state index contributed by atoms with van der Waals surface area (Å²) in [6.45, 7) is 4.63. The van der Waals surface area contributed by atoms with Gasteiger partial charge in [0, 0.05) is 0 Å². The highest BCUT2D eigenvalue weighted by Gasteiger charge is 2.40. The predicted octanol–water partition coefficient (Wildman–Crippen LogP) is 18.9. The van der Waals surface area contributed by atoms with Crippen molar-refractivity contribution >= 4 is 78.4 Å². The summed E-state index contributed by atoms with van der Waals surface area (Å²) >= 11 is 6.60. The molecule has 0 radical (unpaired) electrons. The molecular formula is C60H62S3. The van der Waals surface area contributed by atoms with Crippen LogP contribution in [0.25, 0.3) is 43.1 Å². The van der Waals surface area contributed by atoms with E-state index in [9.17, 15) is 0 Å². The third kappa shape index (κ3) is 8.97. The molecule has 8 aromatic rings. The molecule has 0 bridgehead atoms. The zero-order valence-corrected chi connectivity index (χ0v) is 39.7. The molecule has 10 rings (SSSR count). The van der Waals surface area contributed by atoms with Crippen molar-refractivity contribution in [2.45, 2.75) is 112 Å². The molecule has 0 atom stereocenters. The molecule has 0 aromatic heterocycles. The molecule has 0 aliphatic heterocycles. The van der Waals surface area contributed by atoms with Crippen molar-refractivity contribution in [2.75, 3.05) is 11.5 Å². The van der Waals surface area contributed by atoms with Crippen molar-refractivity contribution in [1.29, 1.82) is 0 Å². The number of unbranched alkanes of at least 4 members (excludes halogenated alkanes) is 10. The largest absolute Gasteiger partial charge is 0.149 e. The van der Waals surface area contributed by atoms with E-state index in [1.807, 2.05) is 0 Å². The van der Waals surface area contributed by atoms with Gasteiger partial charge in [0.2, 0.25) is 0 Å². The summed E-state index contributed by atoms with van der Waals surface area (Å²) in [6, 6.07) is 57.1. The molecule has 0 nitrogen and oxygen atoms in total. The van der Waals surface area contributed by atoms with Crippen LogP contribution in [0.5, 0.6) is 0 Å². The van der Waals surface area contributed by atoms with Crippen LogP contribution in [0.1, 0.15) is 156 Å². The van der Waals surface area contributed by atoms with Crippen molar-refractivity contribution in [3.05, 3.63) is 190 Å². The zero-order valence-electron chi connectivity index (χ0n) is 37.3. The van der Waals surface area contributed by atoms with E-state index in [1.54, 1.807) is 0 Å². The van der Waals surface area contributed by atoms with Crippen LogP contribution in [0, 0.1) is 0 Å². The molecule has 8 aromatic carbocycles. The molecule has 0 amide bonds. The number of benzene rings is 8. The van der Waals surface area contributed by atoms with Crippen molar-refractivity contribution in [1.82, 2.24) is 0 Å². The van der Waals surface area contributed by atoms with Crippen LogP contribution in [0.4, 0.5) is 0 Å². The van der Waals surface area contributed by atoms with Gasteiger partial charge in [0.15, 0.2) is 0 Å². The van der Waals surface area contributed by atoms with E-state index in [-0.39, 0.29) is 10.5 Å². The Morgan fingerprint density at radius 1 is 0.286 bits per heavy atom. The van der Waals surface area contributed by atoms with Gasteiger partial charge in [0.05, 0.1) is 21.0 Å². The SMILES string of the molecule is CCCCCCCCSC1c2cc3ccccc3cc2C(SC2c3cc4ccccc4cc3C(SCCCCCCCC)c3cc4ccccc4cc32)c2cc3ccccc3cc21. The van der Waals surface area contributed by atoms with Gasteiger partial charge in [-0.1, -0.05) is 175 Å². The Balaban J connectivity index is 1.11. The third-order valence-electron chi connectivity index (χ3n) is 13.9. The van der Waals surface area contributed by atoms with Crippen molar-refractivity contribution < 1.29 is 0 Å². The number of rotatable bonds is 18. The molecule has 0 spiro atoms. The van der Waals surface area contributed by atoms with Gasteiger partial charge < -0.3 is 0 Å². The van der Waals surface area contributed by atoms with Crippen LogP contribution in [-0.4, -0.2) is 11.5 Å².